The fourth-order valence-electron chi connectivity index (χ4n) is 7.38. The van der Waals surface area contributed by atoms with Crippen molar-refractivity contribution in [1.29, 1.82) is 0 Å². The van der Waals surface area contributed by atoms with Crippen LogP contribution in [0.4, 0.5) is 0 Å². The lowest BCUT2D eigenvalue weighted by atomic mass is 9.90. The molecule has 0 aromatic heterocycles. The van der Waals surface area contributed by atoms with Gasteiger partial charge < -0.3 is 14.4 Å². The number of hydrogen-bond donors (Lipinski definition) is 0. The monoisotopic (exact) mass is 666 g/mol. The summed E-state index contributed by atoms with van der Waals surface area (Å²) in [6, 6.07) is 0.631. The van der Waals surface area contributed by atoms with Gasteiger partial charge >= 0.3 is 0 Å². The second-order valence-corrected chi connectivity index (χ2v) is 15.0. The molecule has 4 atom stereocenters. The summed E-state index contributed by atoms with van der Waals surface area (Å²) in [5.74, 6) is -0.323. The zero-order valence-electron chi connectivity index (χ0n) is 32.2. The molecule has 48 heavy (non-hydrogen) atoms. The van der Waals surface area contributed by atoms with Crippen molar-refractivity contribution in [3.05, 3.63) is 61.3 Å². The molecule has 1 aliphatic carbocycles. The molecular weight excluding hydrogens is 587 g/mol. The first kappa shape index (κ1) is 42.7. The summed E-state index contributed by atoms with van der Waals surface area (Å²) < 4.78 is 13.8. The van der Waals surface area contributed by atoms with E-state index in [9.17, 15) is 0 Å². The molecule has 0 N–H and O–H groups in total. The van der Waals surface area contributed by atoms with Crippen molar-refractivity contribution in [1.82, 2.24) is 4.90 Å². The van der Waals surface area contributed by atoms with E-state index >= 15 is 0 Å². The van der Waals surface area contributed by atoms with Crippen LogP contribution in [0.25, 0.3) is 0 Å². The summed E-state index contributed by atoms with van der Waals surface area (Å²) in [5, 5.41) is 0. The van der Waals surface area contributed by atoms with Gasteiger partial charge in [-0.2, -0.15) is 0 Å². The summed E-state index contributed by atoms with van der Waals surface area (Å²) in [6.45, 7) is 6.06. The Kier molecular flexibility index (Phi) is 26.1. The number of fused-ring (bicyclic) bond motifs is 1. The van der Waals surface area contributed by atoms with Crippen LogP contribution in [0.2, 0.25) is 0 Å². The third-order valence-electron chi connectivity index (χ3n) is 10.5. The van der Waals surface area contributed by atoms with Crippen LogP contribution >= 0.6 is 0 Å². The Hall–Kier alpha value is -1.42. The molecule has 2 fully saturated rings. The Bertz CT molecular complexity index is 872. The van der Waals surface area contributed by atoms with E-state index in [0.717, 1.165) is 44.9 Å². The van der Waals surface area contributed by atoms with Gasteiger partial charge in [0.1, 0.15) is 0 Å². The molecular formula is C45H79NO2. The minimum Gasteiger partial charge on any atom is -0.344 e. The number of rotatable bonds is 31. The summed E-state index contributed by atoms with van der Waals surface area (Å²) in [5.41, 5.74) is 0. The van der Waals surface area contributed by atoms with E-state index in [2.05, 4.69) is 81.1 Å². The minimum absolute atomic E-state index is 0.288. The molecule has 0 bridgehead atoms. The maximum atomic E-state index is 6.90. The molecule has 1 saturated heterocycles. The molecule has 1 heterocycles. The van der Waals surface area contributed by atoms with Crippen LogP contribution in [0.15, 0.2) is 61.3 Å². The molecule has 3 nitrogen and oxygen atoms in total. The summed E-state index contributed by atoms with van der Waals surface area (Å²) in [4.78, 5) is 2.39. The zero-order valence-corrected chi connectivity index (χ0v) is 32.2. The van der Waals surface area contributed by atoms with Crippen molar-refractivity contribution in [2.75, 3.05) is 14.1 Å². The second-order valence-electron chi connectivity index (χ2n) is 15.0. The molecule has 1 aliphatic heterocycles. The third kappa shape index (κ3) is 20.9. The lowest BCUT2D eigenvalue weighted by molar-refractivity contribution is -0.186. The van der Waals surface area contributed by atoms with Crippen LogP contribution in [0, 0.1) is 0 Å². The van der Waals surface area contributed by atoms with Gasteiger partial charge in [-0.1, -0.05) is 126 Å². The average molecular weight is 666 g/mol. The van der Waals surface area contributed by atoms with Crippen LogP contribution in [-0.4, -0.2) is 43.0 Å². The molecule has 1 saturated carbocycles. The van der Waals surface area contributed by atoms with E-state index in [1.807, 2.05) is 6.08 Å². The lowest BCUT2D eigenvalue weighted by Gasteiger charge is -2.33. The summed E-state index contributed by atoms with van der Waals surface area (Å²) >= 11 is 0. The van der Waals surface area contributed by atoms with Crippen molar-refractivity contribution in [3.63, 3.8) is 0 Å². The minimum atomic E-state index is -0.323. The van der Waals surface area contributed by atoms with Gasteiger partial charge in [0, 0.05) is 18.9 Å². The van der Waals surface area contributed by atoms with E-state index in [1.165, 1.54) is 135 Å². The van der Waals surface area contributed by atoms with Gasteiger partial charge in [0.15, 0.2) is 5.79 Å². The fraction of sp³-hybridized carbons (Fsp3) is 0.778. The highest BCUT2D eigenvalue weighted by Crippen LogP contribution is 2.43. The number of ether oxygens (including phenoxy) is 2. The number of unbranched alkanes of at least 4 members (excludes halogenated alkanes) is 17. The molecule has 0 aromatic carbocycles. The van der Waals surface area contributed by atoms with Gasteiger partial charge in [0.25, 0.3) is 0 Å². The summed E-state index contributed by atoms with van der Waals surface area (Å²) in [7, 11) is 4.44. The first-order chi connectivity index (χ1) is 23.6. The Morgan fingerprint density at radius 2 is 1.00 bits per heavy atom. The molecule has 1 unspecified atom stereocenters. The molecule has 0 amide bonds. The van der Waals surface area contributed by atoms with Gasteiger partial charge in [-0.05, 0) is 117 Å². The van der Waals surface area contributed by atoms with Crippen LogP contribution in [-0.2, 0) is 9.47 Å². The molecule has 3 heteroatoms. The maximum Gasteiger partial charge on any atom is 0.169 e. The number of allylic oxidation sites excluding steroid dienone is 9. The fourth-order valence-corrected chi connectivity index (χ4v) is 7.38. The Morgan fingerprint density at radius 1 is 0.542 bits per heavy atom. The standard InChI is InChI=1S/C45H79NO2/c1-5-7-9-11-13-15-17-19-21-23-25-27-29-31-33-35-39-45(47-43-38-37-42(46(3)4)41-44(43)48-45)40-36-34-32-30-28-26-24-22-20-18-16-14-12-10-8-6-2/h5,13-16,19-22,42-44H,1,6-12,17-18,23-41H2,2-4H3/b15-13-,16-14-,21-19-,22-20-/t42-,43+,44-,45?/m1/s1. The number of hydrogen-bond acceptors (Lipinski definition) is 3. The van der Waals surface area contributed by atoms with E-state index in [4.69, 9.17) is 9.47 Å². The highest BCUT2D eigenvalue weighted by Gasteiger charge is 2.49. The largest absolute Gasteiger partial charge is 0.344 e. The topological polar surface area (TPSA) is 21.7 Å². The predicted octanol–water partition coefficient (Wildman–Crippen LogP) is 13.8. The van der Waals surface area contributed by atoms with Crippen molar-refractivity contribution in [2.45, 2.75) is 211 Å². The van der Waals surface area contributed by atoms with Crippen LogP contribution in [0.3, 0.4) is 0 Å². The number of nitrogens with zero attached hydrogens (tertiary/aromatic N) is 1. The quantitative estimate of drug-likeness (QED) is 0.0543. The summed E-state index contributed by atoms with van der Waals surface area (Å²) in [6.07, 6.45) is 56.3. The molecule has 276 valence electrons. The van der Waals surface area contributed by atoms with Crippen molar-refractivity contribution >= 4 is 0 Å². The van der Waals surface area contributed by atoms with Crippen molar-refractivity contribution < 1.29 is 9.47 Å². The van der Waals surface area contributed by atoms with Crippen molar-refractivity contribution in [3.8, 4) is 0 Å². The molecule has 0 aromatic rings. The van der Waals surface area contributed by atoms with E-state index in [-0.39, 0.29) is 11.9 Å². The second kappa shape index (κ2) is 29.3. The first-order valence-electron chi connectivity index (χ1n) is 20.8. The van der Waals surface area contributed by atoms with E-state index < -0.39 is 0 Å². The van der Waals surface area contributed by atoms with Gasteiger partial charge in [0.2, 0.25) is 0 Å². The predicted molar refractivity (Wildman–Crippen MR) is 212 cm³/mol. The van der Waals surface area contributed by atoms with Crippen LogP contribution in [0.5, 0.6) is 0 Å². The van der Waals surface area contributed by atoms with E-state index in [1.54, 1.807) is 0 Å². The van der Waals surface area contributed by atoms with Gasteiger partial charge in [-0.3, -0.25) is 0 Å². The maximum absolute atomic E-state index is 6.90. The van der Waals surface area contributed by atoms with Gasteiger partial charge in [-0.15, -0.1) is 6.58 Å². The SMILES string of the molecule is C=CCCC/C=C\C/C=C\CCCCCCCCC1(CCCCCCCC/C=C\C/C=C\CCCCC)O[C@H]2CC[C@@H](N(C)C)C[C@H]2O1. The molecule has 0 spiro atoms. The zero-order chi connectivity index (χ0) is 34.4. The smallest absolute Gasteiger partial charge is 0.169 e. The lowest BCUT2D eigenvalue weighted by Crippen LogP contribution is -2.40. The Labute approximate surface area is 299 Å². The Balaban J connectivity index is 1.59. The van der Waals surface area contributed by atoms with Crippen molar-refractivity contribution in [2.24, 2.45) is 0 Å². The third-order valence-corrected chi connectivity index (χ3v) is 10.5. The molecule has 2 aliphatic rings. The Morgan fingerprint density at radius 3 is 1.50 bits per heavy atom. The van der Waals surface area contributed by atoms with Crippen LogP contribution < -0.4 is 0 Å². The normalized spacial score (nSPS) is 23.1. The highest BCUT2D eigenvalue weighted by molar-refractivity contribution is 4.95. The van der Waals surface area contributed by atoms with E-state index in [0.29, 0.717) is 12.1 Å². The first-order valence-corrected chi connectivity index (χ1v) is 20.8. The highest BCUT2D eigenvalue weighted by atomic mass is 16.8. The van der Waals surface area contributed by atoms with Crippen LogP contribution in [0.1, 0.15) is 187 Å². The van der Waals surface area contributed by atoms with Gasteiger partial charge in [-0.25, -0.2) is 0 Å². The molecule has 2 rings (SSSR count). The molecule has 0 radical (unpaired) electrons. The average Bonchev–Trinajstić information content (AvgIpc) is 3.45. The van der Waals surface area contributed by atoms with Gasteiger partial charge in [0.05, 0.1) is 12.2 Å².